The van der Waals surface area contributed by atoms with Crippen molar-refractivity contribution in [2.75, 3.05) is 14.2 Å². The highest BCUT2D eigenvalue weighted by atomic mass is 16.7. The summed E-state index contributed by atoms with van der Waals surface area (Å²) in [4.78, 5) is 0. The van der Waals surface area contributed by atoms with E-state index in [1.807, 2.05) is 32.0 Å². The highest BCUT2D eigenvalue weighted by Gasteiger charge is 2.32. The van der Waals surface area contributed by atoms with Gasteiger partial charge in [0.1, 0.15) is 17.6 Å². The zero-order valence-electron chi connectivity index (χ0n) is 10.6. The summed E-state index contributed by atoms with van der Waals surface area (Å²) in [5.41, 5.74) is 1.01. The second-order valence-corrected chi connectivity index (χ2v) is 4.11. The number of hydrogen-bond donors (Lipinski definition) is 0. The van der Waals surface area contributed by atoms with Gasteiger partial charge in [-0.25, -0.2) is 0 Å². The SMILES string of the molecule is COc1cc(OC)cc([C@H]2O[C@H](C)O[C@@H]2C)c1. The van der Waals surface area contributed by atoms with Crippen molar-refractivity contribution in [1.29, 1.82) is 0 Å². The van der Waals surface area contributed by atoms with Gasteiger partial charge in [-0.15, -0.1) is 0 Å². The summed E-state index contributed by atoms with van der Waals surface area (Å²) in [5.74, 6) is 1.52. The van der Waals surface area contributed by atoms with Crippen LogP contribution in [0.2, 0.25) is 0 Å². The Morgan fingerprint density at radius 3 is 1.94 bits per heavy atom. The molecule has 0 unspecified atom stereocenters. The molecule has 0 saturated carbocycles. The molecule has 1 fully saturated rings. The number of benzene rings is 1. The molecule has 4 nitrogen and oxygen atoms in total. The van der Waals surface area contributed by atoms with Crippen molar-refractivity contribution in [2.45, 2.75) is 32.3 Å². The predicted molar refractivity (Wildman–Crippen MR) is 63.4 cm³/mol. The summed E-state index contributed by atoms with van der Waals surface area (Å²) in [7, 11) is 3.27. The Morgan fingerprint density at radius 2 is 1.53 bits per heavy atom. The molecule has 0 amide bonds. The van der Waals surface area contributed by atoms with E-state index in [4.69, 9.17) is 18.9 Å². The molecule has 4 heteroatoms. The van der Waals surface area contributed by atoms with Gasteiger partial charge >= 0.3 is 0 Å². The molecule has 2 rings (SSSR count). The van der Waals surface area contributed by atoms with Gasteiger partial charge in [-0.05, 0) is 31.5 Å². The van der Waals surface area contributed by atoms with E-state index in [-0.39, 0.29) is 18.5 Å². The Morgan fingerprint density at radius 1 is 0.941 bits per heavy atom. The highest BCUT2D eigenvalue weighted by molar-refractivity contribution is 5.39. The number of hydrogen-bond acceptors (Lipinski definition) is 4. The molecule has 1 aromatic carbocycles. The number of ether oxygens (including phenoxy) is 4. The lowest BCUT2D eigenvalue weighted by molar-refractivity contribution is -0.0495. The molecule has 0 N–H and O–H groups in total. The molecule has 1 aliphatic heterocycles. The first kappa shape index (κ1) is 12.2. The average Bonchev–Trinajstić information content (AvgIpc) is 2.67. The van der Waals surface area contributed by atoms with E-state index in [2.05, 4.69) is 0 Å². The van der Waals surface area contributed by atoms with E-state index < -0.39 is 0 Å². The Kier molecular flexibility index (Phi) is 3.54. The van der Waals surface area contributed by atoms with Crippen molar-refractivity contribution in [3.8, 4) is 11.5 Å². The second-order valence-electron chi connectivity index (χ2n) is 4.11. The molecule has 0 radical (unpaired) electrons. The molecule has 1 aromatic rings. The van der Waals surface area contributed by atoms with Crippen molar-refractivity contribution >= 4 is 0 Å². The van der Waals surface area contributed by atoms with Gasteiger partial charge in [-0.2, -0.15) is 0 Å². The Balaban J connectivity index is 2.31. The van der Waals surface area contributed by atoms with Gasteiger partial charge in [-0.1, -0.05) is 0 Å². The lowest BCUT2D eigenvalue weighted by Crippen LogP contribution is -2.10. The summed E-state index contributed by atoms with van der Waals surface area (Å²) in [6.07, 6.45) is -0.219. The normalized spacial score (nSPS) is 28.1. The van der Waals surface area contributed by atoms with E-state index in [0.29, 0.717) is 0 Å². The molecule has 17 heavy (non-hydrogen) atoms. The van der Waals surface area contributed by atoms with E-state index in [1.54, 1.807) is 14.2 Å². The summed E-state index contributed by atoms with van der Waals surface area (Å²) in [6, 6.07) is 5.74. The highest BCUT2D eigenvalue weighted by Crippen LogP contribution is 2.35. The van der Waals surface area contributed by atoms with Crippen LogP contribution in [0, 0.1) is 0 Å². The number of methoxy groups -OCH3 is 2. The monoisotopic (exact) mass is 238 g/mol. The fourth-order valence-corrected chi connectivity index (χ4v) is 2.07. The van der Waals surface area contributed by atoms with Gasteiger partial charge in [0.25, 0.3) is 0 Å². The lowest BCUT2D eigenvalue weighted by atomic mass is 10.0. The number of rotatable bonds is 3. The summed E-state index contributed by atoms with van der Waals surface area (Å²) < 4.78 is 21.8. The van der Waals surface area contributed by atoms with Gasteiger partial charge in [0.05, 0.1) is 20.3 Å². The van der Waals surface area contributed by atoms with Gasteiger partial charge < -0.3 is 18.9 Å². The largest absolute Gasteiger partial charge is 0.497 e. The van der Waals surface area contributed by atoms with Crippen LogP contribution in [0.3, 0.4) is 0 Å². The molecule has 0 bridgehead atoms. The van der Waals surface area contributed by atoms with Crippen LogP contribution in [0.1, 0.15) is 25.5 Å². The molecule has 1 saturated heterocycles. The smallest absolute Gasteiger partial charge is 0.156 e. The van der Waals surface area contributed by atoms with Crippen molar-refractivity contribution in [1.82, 2.24) is 0 Å². The van der Waals surface area contributed by atoms with Crippen LogP contribution in [-0.2, 0) is 9.47 Å². The Bertz CT molecular complexity index is 369. The summed E-state index contributed by atoms with van der Waals surface area (Å²) in [5, 5.41) is 0. The zero-order chi connectivity index (χ0) is 12.4. The fourth-order valence-electron chi connectivity index (χ4n) is 2.07. The summed E-state index contributed by atoms with van der Waals surface area (Å²) in [6.45, 7) is 3.90. The maximum Gasteiger partial charge on any atom is 0.156 e. The first-order valence-corrected chi connectivity index (χ1v) is 5.68. The van der Waals surface area contributed by atoms with Crippen LogP contribution in [-0.4, -0.2) is 26.6 Å². The first-order chi connectivity index (χ1) is 8.13. The fraction of sp³-hybridized carbons (Fsp3) is 0.538. The van der Waals surface area contributed by atoms with Crippen LogP contribution < -0.4 is 9.47 Å². The molecule has 0 aromatic heterocycles. The third-order valence-corrected chi connectivity index (χ3v) is 2.87. The van der Waals surface area contributed by atoms with Crippen molar-refractivity contribution in [3.05, 3.63) is 23.8 Å². The third-order valence-electron chi connectivity index (χ3n) is 2.87. The molecule has 94 valence electrons. The Labute approximate surface area is 101 Å². The molecule has 3 atom stereocenters. The lowest BCUT2D eigenvalue weighted by Gasteiger charge is -2.15. The Hall–Kier alpha value is -1.26. The maximum atomic E-state index is 5.73. The molecular formula is C13H18O4. The average molecular weight is 238 g/mol. The quantitative estimate of drug-likeness (QED) is 0.810. The van der Waals surface area contributed by atoms with Crippen LogP contribution >= 0.6 is 0 Å². The minimum atomic E-state index is -0.174. The predicted octanol–water partition coefficient (Wildman–Crippen LogP) is 2.53. The van der Waals surface area contributed by atoms with Crippen LogP contribution in [0.4, 0.5) is 0 Å². The first-order valence-electron chi connectivity index (χ1n) is 5.68. The van der Waals surface area contributed by atoms with E-state index in [0.717, 1.165) is 17.1 Å². The molecule has 0 spiro atoms. The van der Waals surface area contributed by atoms with Crippen molar-refractivity contribution in [2.24, 2.45) is 0 Å². The topological polar surface area (TPSA) is 36.9 Å². The minimum absolute atomic E-state index is 0.0295. The van der Waals surface area contributed by atoms with Crippen LogP contribution in [0.5, 0.6) is 11.5 Å². The van der Waals surface area contributed by atoms with Crippen LogP contribution in [0.15, 0.2) is 18.2 Å². The molecule has 0 aliphatic carbocycles. The van der Waals surface area contributed by atoms with Gasteiger partial charge in [0, 0.05) is 6.07 Å². The summed E-state index contributed by atoms with van der Waals surface area (Å²) >= 11 is 0. The van der Waals surface area contributed by atoms with Crippen molar-refractivity contribution in [3.63, 3.8) is 0 Å². The molecule has 1 aliphatic rings. The third kappa shape index (κ3) is 2.53. The van der Waals surface area contributed by atoms with Crippen LogP contribution in [0.25, 0.3) is 0 Å². The van der Waals surface area contributed by atoms with E-state index >= 15 is 0 Å². The van der Waals surface area contributed by atoms with Gasteiger partial charge in [0.15, 0.2) is 6.29 Å². The van der Waals surface area contributed by atoms with Crippen molar-refractivity contribution < 1.29 is 18.9 Å². The second kappa shape index (κ2) is 4.94. The molecular weight excluding hydrogens is 220 g/mol. The zero-order valence-corrected chi connectivity index (χ0v) is 10.6. The standard InChI is InChI=1S/C13H18O4/c1-8-13(17-9(2)16-8)10-5-11(14-3)7-12(6-10)15-4/h5-9,13H,1-4H3/t8-,9-,13+/m1/s1. The van der Waals surface area contributed by atoms with Gasteiger partial charge in [0.2, 0.25) is 0 Å². The minimum Gasteiger partial charge on any atom is -0.497 e. The maximum absolute atomic E-state index is 5.73. The van der Waals surface area contributed by atoms with Gasteiger partial charge in [-0.3, -0.25) is 0 Å². The van der Waals surface area contributed by atoms with E-state index in [9.17, 15) is 0 Å². The van der Waals surface area contributed by atoms with E-state index in [1.165, 1.54) is 0 Å². The molecule has 1 heterocycles.